The van der Waals surface area contributed by atoms with E-state index >= 15 is 0 Å². The molecule has 2 aromatic carbocycles. The van der Waals surface area contributed by atoms with Gasteiger partial charge in [0.1, 0.15) is 11.4 Å². The van der Waals surface area contributed by atoms with Crippen LogP contribution in [-0.2, 0) is 11.3 Å². The van der Waals surface area contributed by atoms with Gasteiger partial charge in [0.2, 0.25) is 5.91 Å². The Hall–Kier alpha value is -3.66. The summed E-state index contributed by atoms with van der Waals surface area (Å²) in [7, 11) is 1.61. The van der Waals surface area contributed by atoms with Gasteiger partial charge in [0.25, 0.3) is 0 Å². The molecule has 1 atom stereocenters. The van der Waals surface area contributed by atoms with Crippen molar-refractivity contribution in [3.63, 3.8) is 0 Å². The lowest BCUT2D eigenvalue weighted by Crippen LogP contribution is -2.32. The molecule has 4 rings (SSSR count). The number of hydrogen-bond donors (Lipinski definition) is 1. The van der Waals surface area contributed by atoms with Crippen LogP contribution >= 0.6 is 0 Å². The predicted octanol–water partition coefficient (Wildman–Crippen LogP) is 3.94. The summed E-state index contributed by atoms with van der Waals surface area (Å²) in [6, 6.07) is 17.2. The van der Waals surface area contributed by atoms with Crippen molar-refractivity contribution in [3.8, 4) is 11.8 Å². The zero-order chi connectivity index (χ0) is 22.3. The summed E-state index contributed by atoms with van der Waals surface area (Å²) in [6.45, 7) is 2.03. The van der Waals surface area contributed by atoms with Crippen molar-refractivity contribution in [3.05, 3.63) is 59.8 Å². The Labute approximate surface area is 188 Å². The maximum Gasteiger partial charge on any atom is 0.243 e. The second-order valence-corrected chi connectivity index (χ2v) is 7.95. The van der Waals surface area contributed by atoms with E-state index < -0.39 is 5.92 Å². The maximum absolute atomic E-state index is 13.1. The van der Waals surface area contributed by atoms with Gasteiger partial charge >= 0.3 is 0 Å². The lowest BCUT2D eigenvalue weighted by Gasteiger charge is -2.25. The van der Waals surface area contributed by atoms with Crippen LogP contribution in [0.15, 0.2) is 48.5 Å². The third-order valence-corrected chi connectivity index (χ3v) is 5.77. The lowest BCUT2D eigenvalue weighted by atomic mass is 10.0. The molecule has 0 aliphatic carbocycles. The van der Waals surface area contributed by atoms with Crippen molar-refractivity contribution < 1.29 is 9.53 Å². The van der Waals surface area contributed by atoms with Gasteiger partial charge in [-0.3, -0.25) is 4.79 Å². The summed E-state index contributed by atoms with van der Waals surface area (Å²) in [5.41, 5.74) is 2.81. The molecule has 7 nitrogen and oxygen atoms in total. The Morgan fingerprint density at radius 2 is 1.72 bits per heavy atom. The summed E-state index contributed by atoms with van der Waals surface area (Å²) in [4.78, 5) is 24.8. The molecule has 0 spiro atoms. The number of carbonyl (C=O) groups is 1. The van der Waals surface area contributed by atoms with E-state index in [0.717, 1.165) is 42.8 Å². The van der Waals surface area contributed by atoms with Crippen LogP contribution in [0.1, 0.15) is 42.9 Å². The van der Waals surface area contributed by atoms with Crippen LogP contribution in [0.5, 0.6) is 5.75 Å². The Bertz CT molecular complexity index is 1120. The number of rotatable bonds is 6. The van der Waals surface area contributed by atoms with E-state index in [0.29, 0.717) is 23.6 Å². The number of benzene rings is 2. The van der Waals surface area contributed by atoms with Crippen molar-refractivity contribution >= 4 is 22.8 Å². The number of fused-ring (bicyclic) bond motifs is 1. The van der Waals surface area contributed by atoms with Crippen LogP contribution in [0, 0.1) is 11.3 Å². The Kier molecular flexibility index (Phi) is 6.81. The van der Waals surface area contributed by atoms with Crippen LogP contribution in [0.3, 0.4) is 0 Å². The Morgan fingerprint density at radius 3 is 2.34 bits per heavy atom. The molecule has 3 aromatic rings. The van der Waals surface area contributed by atoms with Gasteiger partial charge in [-0.1, -0.05) is 37.1 Å². The van der Waals surface area contributed by atoms with Gasteiger partial charge in [-0.05, 0) is 42.7 Å². The molecule has 32 heavy (non-hydrogen) atoms. The van der Waals surface area contributed by atoms with Crippen molar-refractivity contribution in [2.75, 3.05) is 25.1 Å². The molecule has 1 aromatic heterocycles. The first-order chi connectivity index (χ1) is 15.7. The van der Waals surface area contributed by atoms with Crippen LogP contribution < -0.4 is 15.0 Å². The van der Waals surface area contributed by atoms with E-state index in [4.69, 9.17) is 14.7 Å². The van der Waals surface area contributed by atoms with Gasteiger partial charge in [0.15, 0.2) is 11.7 Å². The lowest BCUT2D eigenvalue weighted by molar-refractivity contribution is -0.121. The van der Waals surface area contributed by atoms with E-state index in [1.807, 2.05) is 48.5 Å². The molecule has 0 unspecified atom stereocenters. The highest BCUT2D eigenvalue weighted by Crippen LogP contribution is 2.29. The third kappa shape index (κ3) is 4.80. The number of hydrogen-bond acceptors (Lipinski definition) is 6. The SMILES string of the molecule is COc1ccc(CNC(=O)[C@H](C#N)c2nc3ccccc3nc2N2CCCCCC2)cc1. The van der Waals surface area contributed by atoms with Gasteiger partial charge in [0.05, 0.1) is 24.2 Å². The molecule has 1 N–H and O–H groups in total. The Morgan fingerprint density at radius 1 is 1.06 bits per heavy atom. The average molecular weight is 430 g/mol. The molecule has 0 radical (unpaired) electrons. The van der Waals surface area contributed by atoms with Crippen molar-refractivity contribution in [2.45, 2.75) is 38.1 Å². The van der Waals surface area contributed by atoms with E-state index in [1.54, 1.807) is 7.11 Å². The highest BCUT2D eigenvalue weighted by Gasteiger charge is 2.29. The van der Waals surface area contributed by atoms with Crippen molar-refractivity contribution in [2.24, 2.45) is 0 Å². The number of carbonyl (C=O) groups excluding carboxylic acids is 1. The molecule has 0 bridgehead atoms. The molecule has 164 valence electrons. The number of nitrogens with one attached hydrogen (secondary N) is 1. The van der Waals surface area contributed by atoms with Crippen LogP contribution in [0.25, 0.3) is 11.0 Å². The van der Waals surface area contributed by atoms with Gasteiger partial charge < -0.3 is 15.0 Å². The summed E-state index contributed by atoms with van der Waals surface area (Å²) >= 11 is 0. The molecule has 1 fully saturated rings. The van der Waals surface area contributed by atoms with Crippen molar-refractivity contribution in [1.82, 2.24) is 15.3 Å². The molecule has 1 aliphatic rings. The zero-order valence-corrected chi connectivity index (χ0v) is 18.3. The number of nitriles is 1. The summed E-state index contributed by atoms with van der Waals surface area (Å²) in [6.07, 6.45) is 4.48. The molecule has 2 heterocycles. The summed E-state index contributed by atoms with van der Waals surface area (Å²) in [5.74, 6) is -0.00664. The van der Waals surface area contributed by atoms with Crippen LogP contribution in [-0.4, -0.2) is 36.1 Å². The summed E-state index contributed by atoms with van der Waals surface area (Å²) < 4.78 is 5.17. The monoisotopic (exact) mass is 429 g/mol. The maximum atomic E-state index is 13.1. The molecule has 1 saturated heterocycles. The highest BCUT2D eigenvalue weighted by molar-refractivity contribution is 5.88. The third-order valence-electron chi connectivity index (χ3n) is 5.77. The van der Waals surface area contributed by atoms with E-state index in [1.165, 1.54) is 12.8 Å². The molecule has 0 saturated carbocycles. The first kappa shape index (κ1) is 21.6. The smallest absolute Gasteiger partial charge is 0.243 e. The predicted molar refractivity (Wildman–Crippen MR) is 123 cm³/mol. The normalized spacial score (nSPS) is 14.9. The van der Waals surface area contributed by atoms with Gasteiger partial charge in [-0.25, -0.2) is 9.97 Å². The first-order valence-electron chi connectivity index (χ1n) is 11.0. The number of amides is 1. The molecule has 1 amide bonds. The molecular weight excluding hydrogens is 402 g/mol. The molecular formula is C25H27N5O2. The van der Waals surface area contributed by atoms with E-state index in [-0.39, 0.29) is 5.91 Å². The fourth-order valence-electron chi connectivity index (χ4n) is 3.99. The molecule has 1 aliphatic heterocycles. The largest absolute Gasteiger partial charge is 0.497 e. The van der Waals surface area contributed by atoms with E-state index in [2.05, 4.69) is 16.3 Å². The molecule has 7 heteroatoms. The second kappa shape index (κ2) is 10.1. The minimum Gasteiger partial charge on any atom is -0.497 e. The second-order valence-electron chi connectivity index (χ2n) is 7.95. The van der Waals surface area contributed by atoms with Crippen molar-refractivity contribution in [1.29, 1.82) is 5.26 Å². The zero-order valence-electron chi connectivity index (χ0n) is 18.3. The van der Waals surface area contributed by atoms with E-state index in [9.17, 15) is 10.1 Å². The minimum absolute atomic E-state index is 0.321. The fraction of sp³-hybridized carbons (Fsp3) is 0.360. The quantitative estimate of drug-likeness (QED) is 0.638. The number of aromatic nitrogens is 2. The van der Waals surface area contributed by atoms with Gasteiger partial charge in [0, 0.05) is 19.6 Å². The minimum atomic E-state index is -1.04. The fourth-order valence-corrected chi connectivity index (χ4v) is 3.99. The highest BCUT2D eigenvalue weighted by atomic mass is 16.5. The topological polar surface area (TPSA) is 91.1 Å². The van der Waals surface area contributed by atoms with Gasteiger partial charge in [-0.2, -0.15) is 5.26 Å². The Balaban J connectivity index is 1.62. The number of para-hydroxylation sites is 2. The first-order valence-corrected chi connectivity index (χ1v) is 11.0. The number of methoxy groups -OCH3 is 1. The number of ether oxygens (including phenoxy) is 1. The summed E-state index contributed by atoms with van der Waals surface area (Å²) in [5, 5.41) is 12.8. The van der Waals surface area contributed by atoms with Crippen LogP contribution in [0.4, 0.5) is 5.82 Å². The number of anilines is 1. The average Bonchev–Trinajstić information content (AvgIpc) is 3.12. The standard InChI is InChI=1S/C25H27N5O2/c1-32-19-12-10-18(11-13-19)17-27-25(31)20(16-26)23-24(30-14-6-2-3-7-15-30)29-22-9-5-4-8-21(22)28-23/h4-5,8-13,20H,2-3,6-7,14-15,17H2,1H3,(H,27,31)/t20-/m1/s1. The van der Waals surface area contributed by atoms with Crippen LogP contribution in [0.2, 0.25) is 0 Å². The van der Waals surface area contributed by atoms with Gasteiger partial charge in [-0.15, -0.1) is 0 Å². The number of nitrogens with zero attached hydrogens (tertiary/aromatic N) is 4.